The number of halogens is 3. The molecule has 31 heavy (non-hydrogen) atoms. The van der Waals surface area contributed by atoms with Crippen LogP contribution in [0.5, 0.6) is 0 Å². The number of carbonyl (C=O) groups is 1. The van der Waals surface area contributed by atoms with Gasteiger partial charge in [0, 0.05) is 37.0 Å². The first-order valence-corrected chi connectivity index (χ1v) is 9.78. The van der Waals surface area contributed by atoms with E-state index in [-0.39, 0.29) is 6.23 Å². The molecule has 9 heteroatoms. The van der Waals surface area contributed by atoms with Crippen LogP contribution in [0.15, 0.2) is 60.5 Å². The standard InChI is InChI=1S/C20H23N3O2.C2HF3O/c1-21-20-18(15-7-3-2-4-8-15)22-19(25-20)16-9-5-6-10-17(16)23-11-13-24-14-12-23;3-2(4,5)1-6/h2-10,19,21-22H,11-14H2,1H3;1H. The summed E-state index contributed by atoms with van der Waals surface area (Å²) in [6.07, 6.45) is -5.91. The number of carbonyl (C=O) groups excluding carboxylic acids is 1. The van der Waals surface area contributed by atoms with Crippen molar-refractivity contribution in [2.75, 3.05) is 38.3 Å². The number of benzene rings is 2. The Kier molecular flexibility index (Phi) is 7.41. The Labute approximate surface area is 178 Å². The molecule has 2 N–H and O–H groups in total. The van der Waals surface area contributed by atoms with E-state index < -0.39 is 12.5 Å². The summed E-state index contributed by atoms with van der Waals surface area (Å²) in [5.41, 5.74) is 4.44. The van der Waals surface area contributed by atoms with Crippen LogP contribution >= 0.6 is 0 Å². The molecule has 0 amide bonds. The minimum Gasteiger partial charge on any atom is -0.449 e. The van der Waals surface area contributed by atoms with Crippen molar-refractivity contribution in [3.63, 3.8) is 0 Å². The second-order valence-corrected chi connectivity index (χ2v) is 6.78. The van der Waals surface area contributed by atoms with Gasteiger partial charge in [0.15, 0.2) is 6.23 Å². The Morgan fingerprint density at radius 2 is 1.68 bits per heavy atom. The van der Waals surface area contributed by atoms with E-state index in [0.29, 0.717) is 0 Å². The van der Waals surface area contributed by atoms with E-state index in [9.17, 15) is 13.2 Å². The zero-order valence-corrected chi connectivity index (χ0v) is 17.0. The molecule has 2 heterocycles. The Morgan fingerprint density at radius 1 is 1.06 bits per heavy atom. The Bertz CT molecular complexity index is 898. The average Bonchev–Trinajstić information content (AvgIpc) is 3.25. The third-order valence-electron chi connectivity index (χ3n) is 4.73. The first kappa shape index (κ1) is 22.5. The molecular weight excluding hydrogens is 411 g/mol. The number of nitrogens with zero attached hydrogens (tertiary/aromatic N) is 1. The molecule has 0 radical (unpaired) electrons. The minimum absolute atomic E-state index is 0.211. The molecule has 1 atom stereocenters. The first-order chi connectivity index (χ1) is 14.9. The van der Waals surface area contributed by atoms with Crippen molar-refractivity contribution in [3.8, 4) is 0 Å². The van der Waals surface area contributed by atoms with Gasteiger partial charge in [0.25, 0.3) is 0 Å². The van der Waals surface area contributed by atoms with Crippen molar-refractivity contribution < 1.29 is 27.4 Å². The predicted molar refractivity (Wildman–Crippen MR) is 111 cm³/mol. The summed E-state index contributed by atoms with van der Waals surface area (Å²) in [5, 5.41) is 6.71. The normalized spacial score (nSPS) is 18.5. The number of alkyl halides is 3. The molecule has 0 aromatic heterocycles. The number of rotatable bonds is 4. The van der Waals surface area contributed by atoms with Gasteiger partial charge in [-0.15, -0.1) is 0 Å². The number of morpholine rings is 1. The molecule has 0 spiro atoms. The van der Waals surface area contributed by atoms with Crippen LogP contribution in [-0.2, 0) is 14.3 Å². The summed E-state index contributed by atoms with van der Waals surface area (Å²) in [6, 6.07) is 18.7. The fraction of sp³-hybridized carbons (Fsp3) is 0.318. The van der Waals surface area contributed by atoms with Crippen LogP contribution < -0.4 is 15.5 Å². The maximum Gasteiger partial charge on any atom is 0.446 e. The van der Waals surface area contributed by atoms with E-state index in [1.165, 1.54) is 5.69 Å². The lowest BCUT2D eigenvalue weighted by atomic mass is 10.1. The molecule has 1 saturated heterocycles. The molecule has 0 saturated carbocycles. The quantitative estimate of drug-likeness (QED) is 0.718. The molecule has 6 nitrogen and oxygen atoms in total. The lowest BCUT2D eigenvalue weighted by Crippen LogP contribution is -2.37. The number of hydrogen-bond donors (Lipinski definition) is 2. The van der Waals surface area contributed by atoms with Crippen molar-refractivity contribution in [1.29, 1.82) is 0 Å². The maximum absolute atomic E-state index is 10.4. The van der Waals surface area contributed by atoms with Gasteiger partial charge in [-0.3, -0.25) is 4.79 Å². The first-order valence-electron chi connectivity index (χ1n) is 9.78. The Balaban J connectivity index is 0.000000401. The highest BCUT2D eigenvalue weighted by molar-refractivity contribution is 5.68. The summed E-state index contributed by atoms with van der Waals surface area (Å²) < 4.78 is 42.9. The van der Waals surface area contributed by atoms with Crippen molar-refractivity contribution in [2.24, 2.45) is 0 Å². The second-order valence-electron chi connectivity index (χ2n) is 6.78. The van der Waals surface area contributed by atoms with Crippen LogP contribution in [0.1, 0.15) is 17.4 Å². The van der Waals surface area contributed by atoms with Gasteiger partial charge < -0.3 is 25.0 Å². The number of aldehydes is 1. The van der Waals surface area contributed by atoms with Crippen LogP contribution in [-0.4, -0.2) is 45.8 Å². The highest BCUT2D eigenvalue weighted by Crippen LogP contribution is 2.35. The van der Waals surface area contributed by atoms with Gasteiger partial charge in [0.2, 0.25) is 12.2 Å². The number of nitrogens with one attached hydrogen (secondary N) is 2. The van der Waals surface area contributed by atoms with Gasteiger partial charge in [-0.1, -0.05) is 48.5 Å². The van der Waals surface area contributed by atoms with Gasteiger partial charge in [-0.05, 0) is 6.07 Å². The van der Waals surface area contributed by atoms with Gasteiger partial charge in [0.1, 0.15) is 5.70 Å². The van der Waals surface area contributed by atoms with E-state index in [4.69, 9.17) is 14.3 Å². The molecule has 2 aliphatic heterocycles. The largest absolute Gasteiger partial charge is 0.449 e. The summed E-state index contributed by atoms with van der Waals surface area (Å²) in [4.78, 5) is 11.1. The molecule has 0 aliphatic carbocycles. The van der Waals surface area contributed by atoms with Crippen LogP contribution in [0.3, 0.4) is 0 Å². The smallest absolute Gasteiger partial charge is 0.446 e. The van der Waals surface area contributed by atoms with E-state index in [2.05, 4.69) is 51.9 Å². The summed E-state index contributed by atoms with van der Waals surface area (Å²) in [5.74, 6) is 0.771. The lowest BCUT2D eigenvalue weighted by molar-refractivity contribution is -0.156. The molecule has 1 fully saturated rings. The summed E-state index contributed by atoms with van der Waals surface area (Å²) >= 11 is 0. The maximum atomic E-state index is 10.4. The highest BCUT2D eigenvalue weighted by Gasteiger charge is 2.29. The van der Waals surface area contributed by atoms with Gasteiger partial charge >= 0.3 is 6.18 Å². The number of hydrogen-bond acceptors (Lipinski definition) is 6. The zero-order valence-electron chi connectivity index (χ0n) is 17.0. The minimum atomic E-state index is -4.64. The molecule has 2 aromatic carbocycles. The van der Waals surface area contributed by atoms with E-state index in [0.717, 1.165) is 49.0 Å². The molecule has 4 rings (SSSR count). The molecule has 2 aromatic rings. The summed E-state index contributed by atoms with van der Waals surface area (Å²) in [6.45, 7) is 3.34. The van der Waals surface area contributed by atoms with E-state index in [1.54, 1.807) is 0 Å². The van der Waals surface area contributed by atoms with E-state index in [1.807, 2.05) is 25.2 Å². The zero-order chi connectivity index (χ0) is 22.3. The van der Waals surface area contributed by atoms with Crippen molar-refractivity contribution >= 4 is 17.7 Å². The van der Waals surface area contributed by atoms with Crippen LogP contribution in [0.2, 0.25) is 0 Å². The number of ether oxygens (including phenoxy) is 2. The van der Waals surface area contributed by atoms with Gasteiger partial charge in [0.05, 0.1) is 13.2 Å². The highest BCUT2D eigenvalue weighted by atomic mass is 19.4. The fourth-order valence-electron chi connectivity index (χ4n) is 3.35. The third-order valence-corrected chi connectivity index (χ3v) is 4.73. The summed E-state index contributed by atoms with van der Waals surface area (Å²) in [7, 11) is 1.89. The van der Waals surface area contributed by atoms with Crippen LogP contribution in [0.25, 0.3) is 5.70 Å². The van der Waals surface area contributed by atoms with Crippen molar-refractivity contribution in [2.45, 2.75) is 12.4 Å². The average molecular weight is 435 g/mol. The van der Waals surface area contributed by atoms with Crippen LogP contribution in [0.4, 0.5) is 18.9 Å². The molecule has 166 valence electrons. The second kappa shape index (κ2) is 10.2. The van der Waals surface area contributed by atoms with Crippen molar-refractivity contribution in [3.05, 3.63) is 71.6 Å². The fourth-order valence-corrected chi connectivity index (χ4v) is 3.35. The Morgan fingerprint density at radius 3 is 2.29 bits per heavy atom. The topological polar surface area (TPSA) is 62.8 Å². The van der Waals surface area contributed by atoms with Crippen LogP contribution in [0, 0.1) is 0 Å². The molecule has 2 aliphatic rings. The van der Waals surface area contributed by atoms with E-state index >= 15 is 0 Å². The lowest BCUT2D eigenvalue weighted by Gasteiger charge is -2.31. The van der Waals surface area contributed by atoms with Gasteiger partial charge in [-0.2, -0.15) is 13.2 Å². The number of anilines is 1. The Hall–Kier alpha value is -3.20. The molecule has 0 bridgehead atoms. The van der Waals surface area contributed by atoms with Crippen molar-refractivity contribution in [1.82, 2.24) is 10.6 Å². The molecular formula is C22H24F3N3O3. The third kappa shape index (κ3) is 5.91. The van der Waals surface area contributed by atoms with Gasteiger partial charge in [-0.25, -0.2) is 0 Å². The molecule has 1 unspecified atom stereocenters. The SMILES string of the molecule is CNC1=C(c2ccccc2)NC(c2ccccc2N2CCOCC2)O1.O=CC(F)(F)F. The predicted octanol–water partition coefficient (Wildman–Crippen LogP) is 3.43. The monoisotopic (exact) mass is 435 g/mol. The number of para-hydroxylation sites is 1.